The Bertz CT molecular complexity index is 293. The van der Waals surface area contributed by atoms with E-state index in [1.165, 1.54) is 0 Å². The monoisotopic (exact) mass is 166 g/mol. The van der Waals surface area contributed by atoms with Crippen molar-refractivity contribution in [3.05, 3.63) is 23.2 Å². The van der Waals surface area contributed by atoms with E-state index in [1.54, 1.807) is 6.07 Å². The molecule has 0 saturated heterocycles. The number of hydrogen-bond donors (Lipinski definition) is 2. The summed E-state index contributed by atoms with van der Waals surface area (Å²) in [7, 11) is 0. The molecule has 0 radical (unpaired) electrons. The Kier molecular flexibility index (Phi) is 1.62. The summed E-state index contributed by atoms with van der Waals surface area (Å²) in [4.78, 5) is 10.7. The minimum atomic E-state index is -0.496. The van der Waals surface area contributed by atoms with Crippen molar-refractivity contribution in [2.75, 3.05) is 6.54 Å². The molecule has 0 spiro atoms. The lowest BCUT2D eigenvalue weighted by atomic mass is 10.1. The number of carbonyl (C=O) groups excluding carboxylic acids is 1. The second-order valence-electron chi connectivity index (χ2n) is 2.85. The number of carbonyl (C=O) groups is 1. The topological polar surface area (TPSA) is 68.3 Å². The van der Waals surface area contributed by atoms with E-state index in [0.717, 1.165) is 24.3 Å². The fourth-order valence-corrected chi connectivity index (χ4v) is 1.37. The lowest BCUT2D eigenvalue weighted by Crippen LogP contribution is -2.22. The highest BCUT2D eigenvalue weighted by Gasteiger charge is 2.16. The normalized spacial score (nSPS) is 15.7. The molecule has 0 bridgehead atoms. The highest BCUT2D eigenvalue weighted by atomic mass is 16.4. The van der Waals surface area contributed by atoms with E-state index < -0.39 is 5.91 Å². The Morgan fingerprint density at radius 2 is 2.50 bits per heavy atom. The summed E-state index contributed by atoms with van der Waals surface area (Å²) in [6.45, 7) is 1.63. The second-order valence-corrected chi connectivity index (χ2v) is 2.85. The van der Waals surface area contributed by atoms with Gasteiger partial charge in [0, 0.05) is 0 Å². The highest BCUT2D eigenvalue weighted by Crippen LogP contribution is 2.18. The van der Waals surface area contributed by atoms with Crippen molar-refractivity contribution in [3.63, 3.8) is 0 Å². The molecule has 3 N–H and O–H groups in total. The van der Waals surface area contributed by atoms with Gasteiger partial charge in [-0.3, -0.25) is 4.79 Å². The van der Waals surface area contributed by atoms with Crippen LogP contribution in [0.2, 0.25) is 0 Å². The maximum atomic E-state index is 10.7. The van der Waals surface area contributed by atoms with E-state index in [4.69, 9.17) is 10.2 Å². The first kappa shape index (κ1) is 7.36. The van der Waals surface area contributed by atoms with Crippen LogP contribution in [0.15, 0.2) is 10.5 Å². The van der Waals surface area contributed by atoms with Crippen molar-refractivity contribution in [2.24, 2.45) is 5.73 Å². The third-order valence-electron chi connectivity index (χ3n) is 2.00. The zero-order valence-electron chi connectivity index (χ0n) is 6.59. The fraction of sp³-hybridized carbons (Fsp3) is 0.375. The van der Waals surface area contributed by atoms with Crippen LogP contribution in [0.5, 0.6) is 0 Å². The van der Waals surface area contributed by atoms with Crippen molar-refractivity contribution in [1.82, 2.24) is 5.32 Å². The fourth-order valence-electron chi connectivity index (χ4n) is 1.37. The Morgan fingerprint density at radius 1 is 1.67 bits per heavy atom. The summed E-state index contributed by atoms with van der Waals surface area (Å²) >= 11 is 0. The van der Waals surface area contributed by atoms with Gasteiger partial charge in [-0.25, -0.2) is 0 Å². The zero-order valence-corrected chi connectivity index (χ0v) is 6.59. The van der Waals surface area contributed by atoms with Crippen LogP contribution in [0.25, 0.3) is 0 Å². The molecule has 4 nitrogen and oxygen atoms in total. The van der Waals surface area contributed by atoms with E-state index in [2.05, 4.69) is 5.32 Å². The SMILES string of the molecule is NC(=O)c1cc2c(o1)CNCC2. The molecular weight excluding hydrogens is 156 g/mol. The summed E-state index contributed by atoms with van der Waals surface area (Å²) in [5.41, 5.74) is 6.17. The Labute approximate surface area is 69.7 Å². The van der Waals surface area contributed by atoms with Crippen LogP contribution in [0.3, 0.4) is 0 Å². The number of furan rings is 1. The molecule has 2 rings (SSSR count). The third kappa shape index (κ3) is 1.10. The van der Waals surface area contributed by atoms with Crippen molar-refractivity contribution in [2.45, 2.75) is 13.0 Å². The van der Waals surface area contributed by atoms with Gasteiger partial charge in [0.25, 0.3) is 5.91 Å². The van der Waals surface area contributed by atoms with Crippen LogP contribution in [-0.2, 0) is 13.0 Å². The Morgan fingerprint density at radius 3 is 3.17 bits per heavy atom. The number of nitrogens with two attached hydrogens (primary N) is 1. The van der Waals surface area contributed by atoms with Crippen LogP contribution in [0, 0.1) is 0 Å². The Balaban J connectivity index is 2.38. The molecule has 1 aromatic rings. The van der Waals surface area contributed by atoms with Gasteiger partial charge >= 0.3 is 0 Å². The predicted octanol–water partition coefficient (Wildman–Crippen LogP) is 0.0242. The van der Waals surface area contributed by atoms with Gasteiger partial charge in [-0.05, 0) is 24.6 Å². The molecular formula is C8H10N2O2. The molecule has 64 valence electrons. The number of nitrogens with one attached hydrogen (secondary N) is 1. The molecule has 0 aliphatic carbocycles. The first-order chi connectivity index (χ1) is 5.77. The average Bonchev–Trinajstić information content (AvgIpc) is 2.46. The number of primary amides is 1. The molecule has 4 heteroatoms. The maximum Gasteiger partial charge on any atom is 0.284 e. The number of hydrogen-bond acceptors (Lipinski definition) is 3. The number of rotatable bonds is 1. The van der Waals surface area contributed by atoms with E-state index in [1.807, 2.05) is 0 Å². The molecule has 0 fully saturated rings. The first-order valence-electron chi connectivity index (χ1n) is 3.89. The van der Waals surface area contributed by atoms with Crippen LogP contribution in [0.1, 0.15) is 21.9 Å². The smallest absolute Gasteiger partial charge is 0.284 e. The number of amides is 1. The van der Waals surface area contributed by atoms with Crippen molar-refractivity contribution in [3.8, 4) is 0 Å². The molecule has 1 amide bonds. The van der Waals surface area contributed by atoms with Gasteiger partial charge in [-0.1, -0.05) is 0 Å². The van der Waals surface area contributed by atoms with E-state index >= 15 is 0 Å². The quantitative estimate of drug-likeness (QED) is 0.618. The van der Waals surface area contributed by atoms with Crippen LogP contribution in [0.4, 0.5) is 0 Å². The van der Waals surface area contributed by atoms with Gasteiger partial charge in [0.2, 0.25) is 0 Å². The minimum absolute atomic E-state index is 0.267. The molecule has 0 atom stereocenters. The summed E-state index contributed by atoms with van der Waals surface area (Å²) in [6, 6.07) is 1.73. The molecule has 1 aliphatic rings. The van der Waals surface area contributed by atoms with Crippen LogP contribution < -0.4 is 11.1 Å². The van der Waals surface area contributed by atoms with Gasteiger partial charge in [0.15, 0.2) is 5.76 Å². The van der Waals surface area contributed by atoms with Crippen molar-refractivity contribution >= 4 is 5.91 Å². The van der Waals surface area contributed by atoms with E-state index in [9.17, 15) is 4.79 Å². The molecule has 1 aromatic heterocycles. The Hall–Kier alpha value is -1.29. The van der Waals surface area contributed by atoms with Gasteiger partial charge in [-0.15, -0.1) is 0 Å². The molecule has 0 aromatic carbocycles. The second kappa shape index (κ2) is 2.64. The summed E-state index contributed by atoms with van der Waals surface area (Å²) in [6.07, 6.45) is 0.909. The van der Waals surface area contributed by atoms with Crippen molar-refractivity contribution in [1.29, 1.82) is 0 Å². The average molecular weight is 166 g/mol. The van der Waals surface area contributed by atoms with Crippen LogP contribution in [-0.4, -0.2) is 12.5 Å². The summed E-state index contributed by atoms with van der Waals surface area (Å²) < 4.78 is 5.23. The molecule has 0 saturated carbocycles. The largest absolute Gasteiger partial charge is 0.454 e. The van der Waals surface area contributed by atoms with Gasteiger partial charge in [0.1, 0.15) is 5.76 Å². The molecule has 1 aliphatic heterocycles. The standard InChI is InChI=1S/C8H10N2O2/c9-8(11)6-3-5-1-2-10-4-7(5)12-6/h3,10H,1-2,4H2,(H2,9,11). The van der Waals surface area contributed by atoms with E-state index in [0.29, 0.717) is 6.54 Å². The minimum Gasteiger partial charge on any atom is -0.454 e. The lowest BCUT2D eigenvalue weighted by Gasteiger charge is -2.09. The first-order valence-corrected chi connectivity index (χ1v) is 3.89. The van der Waals surface area contributed by atoms with E-state index in [-0.39, 0.29) is 5.76 Å². The number of fused-ring (bicyclic) bond motifs is 1. The van der Waals surface area contributed by atoms with Gasteiger partial charge < -0.3 is 15.5 Å². The van der Waals surface area contributed by atoms with Gasteiger partial charge in [-0.2, -0.15) is 0 Å². The zero-order chi connectivity index (χ0) is 8.55. The highest BCUT2D eigenvalue weighted by molar-refractivity contribution is 5.90. The summed E-state index contributed by atoms with van der Waals surface area (Å²) in [5, 5.41) is 3.15. The molecule has 2 heterocycles. The third-order valence-corrected chi connectivity index (χ3v) is 2.00. The van der Waals surface area contributed by atoms with Gasteiger partial charge in [0.05, 0.1) is 6.54 Å². The predicted molar refractivity (Wildman–Crippen MR) is 42.6 cm³/mol. The van der Waals surface area contributed by atoms with Crippen molar-refractivity contribution < 1.29 is 9.21 Å². The lowest BCUT2D eigenvalue weighted by molar-refractivity contribution is 0.0972. The maximum absolute atomic E-state index is 10.7. The van der Waals surface area contributed by atoms with Crippen LogP contribution >= 0.6 is 0 Å². The summed E-state index contributed by atoms with van der Waals surface area (Å²) in [5.74, 6) is 0.614. The molecule has 12 heavy (non-hydrogen) atoms. The molecule has 0 unspecified atom stereocenters.